The van der Waals surface area contributed by atoms with Gasteiger partial charge in [-0.3, -0.25) is 0 Å². The summed E-state index contributed by atoms with van der Waals surface area (Å²) >= 11 is 0. The molecule has 3 atom stereocenters. The first kappa shape index (κ1) is 18.8. The summed E-state index contributed by atoms with van der Waals surface area (Å²) in [5, 5.41) is 0. The van der Waals surface area contributed by atoms with Gasteiger partial charge in [0.1, 0.15) is 0 Å². The molecule has 1 aromatic carbocycles. The number of fused-ring (bicyclic) bond motifs is 4. The van der Waals surface area contributed by atoms with Gasteiger partial charge in [-0.2, -0.15) is 0 Å². The van der Waals surface area contributed by atoms with Crippen LogP contribution in [0.1, 0.15) is 56.9 Å². The van der Waals surface area contributed by atoms with Gasteiger partial charge < -0.3 is 18.9 Å². The Bertz CT molecular complexity index is 448. The largest absolute Gasteiger partial charge is 0.379 e. The van der Waals surface area contributed by atoms with Gasteiger partial charge in [-0.15, -0.1) is 0 Å². The first-order chi connectivity index (χ1) is 12.3. The Morgan fingerprint density at radius 3 is 2.16 bits per heavy atom. The highest BCUT2D eigenvalue weighted by Gasteiger charge is 2.27. The van der Waals surface area contributed by atoms with Crippen molar-refractivity contribution in [3.05, 3.63) is 35.9 Å². The monoisotopic (exact) mass is 348 g/mol. The van der Waals surface area contributed by atoms with Crippen LogP contribution in [0.15, 0.2) is 30.3 Å². The molecular formula is C21H32O4. The first-order valence-electron chi connectivity index (χ1n) is 9.86. The van der Waals surface area contributed by atoms with Crippen molar-refractivity contribution < 1.29 is 18.9 Å². The second-order valence-corrected chi connectivity index (χ2v) is 7.15. The zero-order valence-corrected chi connectivity index (χ0v) is 15.4. The smallest absolute Gasteiger partial charge is 0.158 e. The fourth-order valence-electron chi connectivity index (χ4n) is 3.73. The van der Waals surface area contributed by atoms with Crippen LogP contribution < -0.4 is 0 Å². The molecule has 0 aromatic heterocycles. The van der Waals surface area contributed by atoms with Gasteiger partial charge in [0.2, 0.25) is 0 Å². The number of ether oxygens (including phenoxy) is 4. The summed E-state index contributed by atoms with van der Waals surface area (Å²) in [6, 6.07) is 10.8. The molecule has 3 rings (SSSR count). The van der Waals surface area contributed by atoms with Gasteiger partial charge in [0.15, 0.2) is 6.29 Å². The van der Waals surface area contributed by atoms with Crippen molar-refractivity contribution >= 4 is 0 Å². The van der Waals surface area contributed by atoms with E-state index in [4.69, 9.17) is 18.9 Å². The van der Waals surface area contributed by atoms with E-state index < -0.39 is 0 Å². The third-order valence-electron chi connectivity index (χ3n) is 5.12. The minimum atomic E-state index is -0.151. The molecule has 0 amide bonds. The van der Waals surface area contributed by atoms with Crippen LogP contribution in [0.25, 0.3) is 0 Å². The van der Waals surface area contributed by atoms with E-state index in [1.165, 1.54) is 18.4 Å². The summed E-state index contributed by atoms with van der Waals surface area (Å²) < 4.78 is 24.0. The third kappa shape index (κ3) is 6.07. The number of hydrogen-bond donors (Lipinski definition) is 0. The quantitative estimate of drug-likeness (QED) is 0.768. The topological polar surface area (TPSA) is 36.9 Å². The van der Waals surface area contributed by atoms with Crippen LogP contribution >= 0.6 is 0 Å². The number of benzene rings is 1. The van der Waals surface area contributed by atoms with Gasteiger partial charge in [0.25, 0.3) is 0 Å². The fraction of sp³-hybridized carbons (Fsp3) is 0.714. The van der Waals surface area contributed by atoms with E-state index in [1.54, 1.807) is 0 Å². The van der Waals surface area contributed by atoms with Crippen LogP contribution in [0, 0.1) is 0 Å². The summed E-state index contributed by atoms with van der Waals surface area (Å²) in [6.45, 7) is 5.00. The highest BCUT2D eigenvalue weighted by Crippen LogP contribution is 2.29. The van der Waals surface area contributed by atoms with Gasteiger partial charge in [0, 0.05) is 13.2 Å². The molecule has 0 spiro atoms. The minimum Gasteiger partial charge on any atom is -0.379 e. The maximum atomic E-state index is 6.26. The lowest BCUT2D eigenvalue weighted by Gasteiger charge is -2.26. The Labute approximate surface area is 151 Å². The van der Waals surface area contributed by atoms with Crippen LogP contribution in [0.4, 0.5) is 0 Å². The third-order valence-corrected chi connectivity index (χ3v) is 5.12. The minimum absolute atomic E-state index is 0.0724. The second kappa shape index (κ2) is 10.3. The van der Waals surface area contributed by atoms with Crippen molar-refractivity contribution in [3.63, 3.8) is 0 Å². The van der Waals surface area contributed by atoms with Crippen LogP contribution in [0.3, 0.4) is 0 Å². The van der Waals surface area contributed by atoms with E-state index in [-0.39, 0.29) is 18.5 Å². The highest BCUT2D eigenvalue weighted by atomic mass is 16.7. The zero-order valence-electron chi connectivity index (χ0n) is 15.4. The van der Waals surface area contributed by atoms with Gasteiger partial charge >= 0.3 is 0 Å². The van der Waals surface area contributed by atoms with E-state index >= 15 is 0 Å². The molecule has 4 nitrogen and oxygen atoms in total. The Morgan fingerprint density at radius 2 is 1.56 bits per heavy atom. The molecule has 140 valence electrons. The summed E-state index contributed by atoms with van der Waals surface area (Å²) in [7, 11) is 0. The van der Waals surface area contributed by atoms with E-state index in [0.717, 1.165) is 38.9 Å². The summed E-state index contributed by atoms with van der Waals surface area (Å²) in [5.74, 6) is 0.570. The Kier molecular flexibility index (Phi) is 7.74. The predicted molar refractivity (Wildman–Crippen MR) is 97.7 cm³/mol. The zero-order chi connectivity index (χ0) is 17.3. The maximum absolute atomic E-state index is 6.26. The van der Waals surface area contributed by atoms with E-state index in [0.29, 0.717) is 19.1 Å². The van der Waals surface area contributed by atoms with Gasteiger partial charge in [-0.05, 0) is 43.6 Å². The van der Waals surface area contributed by atoms with Crippen molar-refractivity contribution in [1.82, 2.24) is 0 Å². The van der Waals surface area contributed by atoms with Crippen molar-refractivity contribution in [3.8, 4) is 0 Å². The molecule has 0 saturated carbocycles. The number of hydrogen-bond acceptors (Lipinski definition) is 4. The molecule has 4 heteroatoms. The van der Waals surface area contributed by atoms with Gasteiger partial charge in [-0.25, -0.2) is 0 Å². The molecule has 0 radical (unpaired) electrons. The Balaban J connectivity index is 1.62. The molecule has 3 unspecified atom stereocenters. The SMILES string of the molecule is CCCC(CCC1OC2CCOCC(CCOC2)O1)c1ccccc1. The lowest BCUT2D eigenvalue weighted by atomic mass is 9.90. The first-order valence-corrected chi connectivity index (χ1v) is 9.86. The lowest BCUT2D eigenvalue weighted by molar-refractivity contribution is -0.196. The molecule has 0 N–H and O–H groups in total. The van der Waals surface area contributed by atoms with Crippen molar-refractivity contribution in [2.45, 2.75) is 69.9 Å². The Morgan fingerprint density at radius 1 is 0.920 bits per heavy atom. The van der Waals surface area contributed by atoms with Crippen molar-refractivity contribution in [2.75, 3.05) is 26.4 Å². The van der Waals surface area contributed by atoms with Crippen LogP contribution in [0.2, 0.25) is 0 Å². The van der Waals surface area contributed by atoms with Crippen LogP contribution in [-0.2, 0) is 18.9 Å². The highest BCUT2D eigenvalue weighted by molar-refractivity contribution is 5.19. The van der Waals surface area contributed by atoms with E-state index in [2.05, 4.69) is 37.3 Å². The van der Waals surface area contributed by atoms with E-state index in [9.17, 15) is 0 Å². The molecule has 0 aliphatic carbocycles. The normalized spacial score (nSPS) is 29.1. The summed E-state index contributed by atoms with van der Waals surface area (Å²) in [4.78, 5) is 0. The predicted octanol–water partition coefficient (Wildman–Crippen LogP) is 4.29. The maximum Gasteiger partial charge on any atom is 0.158 e. The Hall–Kier alpha value is -0.940. The van der Waals surface area contributed by atoms with Crippen LogP contribution in [0.5, 0.6) is 0 Å². The molecule has 2 saturated heterocycles. The van der Waals surface area contributed by atoms with Crippen molar-refractivity contribution in [1.29, 1.82) is 0 Å². The summed E-state index contributed by atoms with van der Waals surface area (Å²) in [5.41, 5.74) is 1.43. The molecule has 2 bridgehead atoms. The van der Waals surface area contributed by atoms with Crippen molar-refractivity contribution in [2.24, 2.45) is 0 Å². The van der Waals surface area contributed by atoms with Gasteiger partial charge in [-0.1, -0.05) is 43.7 Å². The fourth-order valence-corrected chi connectivity index (χ4v) is 3.73. The standard InChI is InChI=1S/C21H32O4/c1-2-6-17(18-7-4-3-5-8-18)9-10-21-24-19-11-13-22-16-20(25-21)12-14-23-15-19/h3-5,7-8,17,19-21H,2,6,9-16H2,1H3. The molecule has 25 heavy (non-hydrogen) atoms. The summed E-state index contributed by atoms with van der Waals surface area (Å²) in [6.07, 6.45) is 6.16. The lowest BCUT2D eigenvalue weighted by Crippen LogP contribution is -2.30. The molecule has 2 heterocycles. The molecule has 2 aliphatic heterocycles. The molecule has 2 aliphatic rings. The average molecular weight is 348 g/mol. The second-order valence-electron chi connectivity index (χ2n) is 7.15. The number of rotatable bonds is 6. The molecule has 1 aromatic rings. The molecule has 2 fully saturated rings. The molecular weight excluding hydrogens is 316 g/mol. The van der Waals surface area contributed by atoms with Crippen LogP contribution in [-0.4, -0.2) is 44.9 Å². The van der Waals surface area contributed by atoms with E-state index in [1.807, 2.05) is 0 Å². The van der Waals surface area contributed by atoms with Gasteiger partial charge in [0.05, 0.1) is 25.4 Å². The average Bonchev–Trinajstić information content (AvgIpc) is 2.81.